The van der Waals surface area contributed by atoms with Gasteiger partial charge >= 0.3 is 0 Å². The highest BCUT2D eigenvalue weighted by Gasteiger charge is 2.20. The van der Waals surface area contributed by atoms with Gasteiger partial charge in [-0.1, -0.05) is 37.9 Å². The molecule has 0 aliphatic heterocycles. The Morgan fingerprint density at radius 1 is 1.41 bits per heavy atom. The van der Waals surface area contributed by atoms with Crippen molar-refractivity contribution in [3.63, 3.8) is 0 Å². The van der Waals surface area contributed by atoms with E-state index in [1.54, 1.807) is 4.90 Å². The van der Waals surface area contributed by atoms with Gasteiger partial charge in [-0.2, -0.15) is 0 Å². The molecule has 1 fully saturated rings. The van der Waals surface area contributed by atoms with Crippen molar-refractivity contribution in [1.29, 1.82) is 0 Å². The second-order valence-corrected chi connectivity index (χ2v) is 5.80. The van der Waals surface area contributed by atoms with E-state index in [0.29, 0.717) is 18.0 Å². The van der Waals surface area contributed by atoms with E-state index in [9.17, 15) is 4.79 Å². The Labute approximate surface area is 110 Å². The number of nitrogens with two attached hydrogens (primary N) is 1. The number of amides is 1. The van der Waals surface area contributed by atoms with E-state index in [-0.39, 0.29) is 11.9 Å². The molecule has 0 atom stereocenters. The van der Waals surface area contributed by atoms with Gasteiger partial charge in [0.2, 0.25) is 5.91 Å². The first-order valence-electron chi connectivity index (χ1n) is 6.58. The standard InChI is InChI=1S/C13H24N2OS/c1-10(2)15(9-12(14)17)13(16)8-7-11-5-3-4-6-11/h10-11H,3-9H2,1-2H3,(H2,14,17). The van der Waals surface area contributed by atoms with Crippen LogP contribution in [0.1, 0.15) is 52.4 Å². The van der Waals surface area contributed by atoms with E-state index < -0.39 is 0 Å². The summed E-state index contributed by atoms with van der Waals surface area (Å²) in [6.45, 7) is 4.42. The summed E-state index contributed by atoms with van der Waals surface area (Å²) in [6.07, 6.45) is 6.93. The lowest BCUT2D eigenvalue weighted by atomic mass is 10.0. The Bertz CT molecular complexity index is 273. The minimum Gasteiger partial charge on any atom is -0.392 e. The fraction of sp³-hybridized carbons (Fsp3) is 0.846. The Kier molecular flexibility index (Phi) is 5.89. The number of rotatable bonds is 6. The summed E-state index contributed by atoms with van der Waals surface area (Å²) >= 11 is 4.89. The fourth-order valence-electron chi connectivity index (χ4n) is 2.50. The molecule has 3 nitrogen and oxygen atoms in total. The van der Waals surface area contributed by atoms with Gasteiger partial charge in [-0.3, -0.25) is 4.79 Å². The minimum absolute atomic E-state index is 0.174. The summed E-state index contributed by atoms with van der Waals surface area (Å²) in [5, 5.41) is 0. The molecule has 1 aliphatic rings. The van der Waals surface area contributed by atoms with Gasteiger partial charge in [-0.25, -0.2) is 0 Å². The number of carbonyl (C=O) groups is 1. The summed E-state index contributed by atoms with van der Waals surface area (Å²) < 4.78 is 0. The lowest BCUT2D eigenvalue weighted by Crippen LogP contribution is -2.42. The molecule has 0 aromatic heterocycles. The normalized spacial score (nSPS) is 16.4. The summed E-state index contributed by atoms with van der Waals surface area (Å²) in [4.78, 5) is 14.3. The van der Waals surface area contributed by atoms with Gasteiger partial charge in [0.15, 0.2) is 0 Å². The van der Waals surface area contributed by atoms with Crippen molar-refractivity contribution < 1.29 is 4.79 Å². The highest BCUT2D eigenvalue weighted by Crippen LogP contribution is 2.28. The van der Waals surface area contributed by atoms with E-state index in [4.69, 9.17) is 18.0 Å². The lowest BCUT2D eigenvalue weighted by molar-refractivity contribution is -0.132. The zero-order chi connectivity index (χ0) is 12.8. The van der Waals surface area contributed by atoms with Crippen molar-refractivity contribution in [3.05, 3.63) is 0 Å². The summed E-state index contributed by atoms with van der Waals surface area (Å²) in [7, 11) is 0. The van der Waals surface area contributed by atoms with Gasteiger partial charge in [-0.15, -0.1) is 0 Å². The van der Waals surface area contributed by atoms with Crippen molar-refractivity contribution >= 4 is 23.1 Å². The first-order valence-corrected chi connectivity index (χ1v) is 6.99. The molecule has 1 rings (SSSR count). The van der Waals surface area contributed by atoms with E-state index in [0.717, 1.165) is 12.3 Å². The van der Waals surface area contributed by atoms with Crippen molar-refractivity contribution in [2.24, 2.45) is 11.7 Å². The topological polar surface area (TPSA) is 46.3 Å². The van der Waals surface area contributed by atoms with Crippen LogP contribution in [0.15, 0.2) is 0 Å². The third-order valence-electron chi connectivity index (χ3n) is 3.51. The first-order chi connectivity index (χ1) is 8.00. The minimum atomic E-state index is 0.174. The second-order valence-electron chi connectivity index (χ2n) is 5.27. The largest absolute Gasteiger partial charge is 0.392 e. The van der Waals surface area contributed by atoms with Gasteiger partial charge in [0, 0.05) is 12.5 Å². The maximum Gasteiger partial charge on any atom is 0.223 e. The number of thiocarbonyl (C=S) groups is 1. The highest BCUT2D eigenvalue weighted by molar-refractivity contribution is 7.80. The number of carbonyl (C=O) groups excluding carboxylic acids is 1. The predicted octanol–water partition coefficient (Wildman–Crippen LogP) is 2.48. The molecule has 17 heavy (non-hydrogen) atoms. The molecular formula is C13H24N2OS. The van der Waals surface area contributed by atoms with Gasteiger partial charge in [0.1, 0.15) is 0 Å². The van der Waals surface area contributed by atoms with E-state index >= 15 is 0 Å². The third kappa shape index (κ3) is 5.02. The molecule has 0 spiro atoms. The average molecular weight is 256 g/mol. The Morgan fingerprint density at radius 2 is 2.00 bits per heavy atom. The highest BCUT2D eigenvalue weighted by atomic mass is 32.1. The quantitative estimate of drug-likeness (QED) is 0.743. The Hall–Kier alpha value is -0.640. The zero-order valence-electron chi connectivity index (χ0n) is 10.9. The molecule has 0 aromatic carbocycles. The number of hydrogen-bond donors (Lipinski definition) is 1. The number of hydrogen-bond acceptors (Lipinski definition) is 2. The van der Waals surface area contributed by atoms with E-state index in [1.807, 2.05) is 13.8 Å². The van der Waals surface area contributed by atoms with Crippen LogP contribution in [0.2, 0.25) is 0 Å². The average Bonchev–Trinajstić information content (AvgIpc) is 2.74. The smallest absolute Gasteiger partial charge is 0.223 e. The molecule has 2 N–H and O–H groups in total. The Morgan fingerprint density at radius 3 is 2.47 bits per heavy atom. The molecule has 1 aliphatic carbocycles. The van der Waals surface area contributed by atoms with Crippen LogP contribution in [0.3, 0.4) is 0 Å². The summed E-state index contributed by atoms with van der Waals surface area (Å²) in [6, 6.07) is 0.174. The van der Waals surface area contributed by atoms with Crippen LogP contribution in [-0.2, 0) is 4.79 Å². The lowest BCUT2D eigenvalue weighted by Gasteiger charge is -2.26. The molecule has 1 amide bonds. The van der Waals surface area contributed by atoms with Gasteiger partial charge in [0.25, 0.3) is 0 Å². The second kappa shape index (κ2) is 6.94. The molecule has 1 saturated carbocycles. The van der Waals surface area contributed by atoms with Crippen LogP contribution >= 0.6 is 12.2 Å². The van der Waals surface area contributed by atoms with Crippen LogP contribution in [0, 0.1) is 5.92 Å². The van der Waals surface area contributed by atoms with Crippen LogP contribution in [0.5, 0.6) is 0 Å². The first kappa shape index (κ1) is 14.4. The Balaban J connectivity index is 2.38. The van der Waals surface area contributed by atoms with Crippen molar-refractivity contribution in [3.8, 4) is 0 Å². The monoisotopic (exact) mass is 256 g/mol. The van der Waals surface area contributed by atoms with Crippen molar-refractivity contribution in [2.45, 2.75) is 58.4 Å². The molecule has 0 heterocycles. The van der Waals surface area contributed by atoms with Gasteiger partial charge in [-0.05, 0) is 26.2 Å². The molecule has 0 unspecified atom stereocenters. The maximum absolute atomic E-state index is 12.1. The van der Waals surface area contributed by atoms with E-state index in [2.05, 4.69) is 0 Å². The summed E-state index contributed by atoms with van der Waals surface area (Å²) in [5.41, 5.74) is 5.52. The maximum atomic E-state index is 12.1. The fourth-order valence-corrected chi connectivity index (χ4v) is 2.64. The van der Waals surface area contributed by atoms with Crippen molar-refractivity contribution in [2.75, 3.05) is 6.54 Å². The van der Waals surface area contributed by atoms with Crippen LogP contribution in [0.4, 0.5) is 0 Å². The van der Waals surface area contributed by atoms with Crippen LogP contribution < -0.4 is 5.73 Å². The molecular weight excluding hydrogens is 232 g/mol. The summed E-state index contributed by atoms with van der Waals surface area (Å²) in [5.74, 6) is 0.956. The molecule has 4 heteroatoms. The molecule has 0 radical (unpaired) electrons. The SMILES string of the molecule is CC(C)N(CC(N)=S)C(=O)CCC1CCCC1. The van der Waals surface area contributed by atoms with Gasteiger partial charge < -0.3 is 10.6 Å². The number of nitrogens with zero attached hydrogens (tertiary/aromatic N) is 1. The molecule has 0 saturated heterocycles. The molecule has 0 aromatic rings. The molecule has 98 valence electrons. The third-order valence-corrected chi connectivity index (χ3v) is 3.64. The molecule has 0 bridgehead atoms. The van der Waals surface area contributed by atoms with E-state index in [1.165, 1.54) is 25.7 Å². The van der Waals surface area contributed by atoms with Gasteiger partial charge in [0.05, 0.1) is 11.5 Å². The predicted molar refractivity (Wildman–Crippen MR) is 74.8 cm³/mol. The zero-order valence-corrected chi connectivity index (χ0v) is 11.8. The van der Waals surface area contributed by atoms with Crippen LogP contribution in [-0.4, -0.2) is 28.4 Å². The van der Waals surface area contributed by atoms with Crippen molar-refractivity contribution in [1.82, 2.24) is 4.90 Å². The van der Waals surface area contributed by atoms with Crippen LogP contribution in [0.25, 0.3) is 0 Å².